The third-order valence-corrected chi connectivity index (χ3v) is 3.21. The maximum atomic E-state index is 4.28. The molecule has 1 aromatic rings. The van der Waals surface area contributed by atoms with Crippen LogP contribution < -0.4 is 5.32 Å². The van der Waals surface area contributed by atoms with Crippen LogP contribution in [0.4, 0.5) is 5.69 Å². The van der Waals surface area contributed by atoms with E-state index < -0.39 is 0 Å². The van der Waals surface area contributed by atoms with Crippen LogP contribution >= 0.6 is 0 Å². The first-order valence-corrected chi connectivity index (χ1v) is 5.45. The molecule has 1 aromatic heterocycles. The zero-order valence-electron chi connectivity index (χ0n) is 8.96. The van der Waals surface area contributed by atoms with Crippen LogP contribution in [0.2, 0.25) is 0 Å². The van der Waals surface area contributed by atoms with Crippen molar-refractivity contribution in [2.75, 3.05) is 5.32 Å². The van der Waals surface area contributed by atoms with Crippen LogP contribution in [0.25, 0.3) is 0 Å². The fourth-order valence-electron chi connectivity index (χ4n) is 2.20. The van der Waals surface area contributed by atoms with Gasteiger partial charge in [-0.15, -0.1) is 0 Å². The first-order chi connectivity index (χ1) is 6.77. The Kier molecular flexibility index (Phi) is 2.71. The van der Waals surface area contributed by atoms with E-state index in [0.717, 1.165) is 11.6 Å². The van der Waals surface area contributed by atoms with Crippen molar-refractivity contribution in [1.82, 2.24) is 4.98 Å². The zero-order chi connectivity index (χ0) is 9.97. The summed E-state index contributed by atoms with van der Waals surface area (Å²) in [6, 6.07) is 4.76. The number of hydrogen-bond donors (Lipinski definition) is 1. The standard InChI is InChI=1S/C12H18N2/c1-9-5-3-6-11(9)14-12-7-4-8-13-10(12)2/h4,7-9,11,14H,3,5-6H2,1-2H3. The van der Waals surface area contributed by atoms with Crippen molar-refractivity contribution < 1.29 is 0 Å². The molecule has 1 heterocycles. The lowest BCUT2D eigenvalue weighted by Crippen LogP contribution is -2.22. The number of nitrogens with zero attached hydrogens (tertiary/aromatic N) is 1. The van der Waals surface area contributed by atoms with Crippen molar-refractivity contribution in [1.29, 1.82) is 0 Å². The van der Waals surface area contributed by atoms with Gasteiger partial charge in [0.2, 0.25) is 0 Å². The van der Waals surface area contributed by atoms with E-state index in [2.05, 4.69) is 30.2 Å². The molecule has 2 nitrogen and oxygen atoms in total. The molecule has 0 saturated heterocycles. The van der Waals surface area contributed by atoms with E-state index in [4.69, 9.17) is 0 Å². The summed E-state index contributed by atoms with van der Waals surface area (Å²) in [6.45, 7) is 4.39. The van der Waals surface area contributed by atoms with Crippen LogP contribution in [-0.2, 0) is 0 Å². The third-order valence-electron chi connectivity index (χ3n) is 3.21. The highest BCUT2D eigenvalue weighted by Gasteiger charge is 2.23. The number of aryl methyl sites for hydroxylation is 1. The van der Waals surface area contributed by atoms with Gasteiger partial charge in [-0.1, -0.05) is 13.3 Å². The topological polar surface area (TPSA) is 24.9 Å². The third kappa shape index (κ3) is 1.89. The monoisotopic (exact) mass is 190 g/mol. The molecule has 2 rings (SSSR count). The van der Waals surface area contributed by atoms with Crippen LogP contribution in [-0.4, -0.2) is 11.0 Å². The van der Waals surface area contributed by atoms with Gasteiger partial charge in [0, 0.05) is 12.2 Å². The molecule has 1 aliphatic rings. The van der Waals surface area contributed by atoms with Gasteiger partial charge in [-0.25, -0.2) is 0 Å². The molecule has 14 heavy (non-hydrogen) atoms. The van der Waals surface area contributed by atoms with Crippen molar-refractivity contribution in [2.24, 2.45) is 5.92 Å². The number of hydrogen-bond acceptors (Lipinski definition) is 2. The van der Waals surface area contributed by atoms with Crippen molar-refractivity contribution in [2.45, 2.75) is 39.2 Å². The molecule has 76 valence electrons. The molecule has 1 N–H and O–H groups in total. The van der Waals surface area contributed by atoms with Crippen molar-refractivity contribution in [3.8, 4) is 0 Å². The van der Waals surface area contributed by atoms with Crippen LogP contribution in [0.15, 0.2) is 18.3 Å². The van der Waals surface area contributed by atoms with Crippen LogP contribution in [0, 0.1) is 12.8 Å². The Labute approximate surface area is 85.7 Å². The van der Waals surface area contributed by atoms with Gasteiger partial charge in [0.15, 0.2) is 0 Å². The lowest BCUT2D eigenvalue weighted by molar-refractivity contribution is 0.556. The second-order valence-electron chi connectivity index (χ2n) is 4.30. The Hall–Kier alpha value is -1.05. The molecule has 0 spiro atoms. The quantitative estimate of drug-likeness (QED) is 0.775. The summed E-state index contributed by atoms with van der Waals surface area (Å²) in [5.74, 6) is 0.801. The normalized spacial score (nSPS) is 26.4. The number of nitrogens with one attached hydrogen (secondary N) is 1. The molecule has 1 aliphatic carbocycles. The molecule has 0 bridgehead atoms. The summed E-state index contributed by atoms with van der Waals surface area (Å²) in [5.41, 5.74) is 2.30. The minimum Gasteiger partial charge on any atom is -0.381 e. The Morgan fingerprint density at radius 1 is 1.43 bits per heavy atom. The number of pyridine rings is 1. The van der Waals surface area contributed by atoms with Crippen LogP contribution in [0.3, 0.4) is 0 Å². The Morgan fingerprint density at radius 3 is 2.93 bits per heavy atom. The first kappa shape index (κ1) is 9.50. The van der Waals surface area contributed by atoms with E-state index in [-0.39, 0.29) is 0 Å². The molecule has 2 heteroatoms. The molecule has 2 unspecified atom stereocenters. The summed E-state index contributed by atoms with van der Waals surface area (Å²) < 4.78 is 0. The predicted octanol–water partition coefficient (Wildman–Crippen LogP) is 2.99. The second kappa shape index (κ2) is 3.99. The maximum absolute atomic E-state index is 4.28. The molecule has 0 amide bonds. The van der Waals surface area contributed by atoms with E-state index >= 15 is 0 Å². The van der Waals surface area contributed by atoms with Gasteiger partial charge < -0.3 is 5.32 Å². The van der Waals surface area contributed by atoms with E-state index in [1.807, 2.05) is 12.3 Å². The average Bonchev–Trinajstić information content (AvgIpc) is 2.56. The highest BCUT2D eigenvalue weighted by Crippen LogP contribution is 2.28. The lowest BCUT2D eigenvalue weighted by Gasteiger charge is -2.19. The largest absolute Gasteiger partial charge is 0.381 e. The first-order valence-electron chi connectivity index (χ1n) is 5.45. The van der Waals surface area contributed by atoms with Gasteiger partial charge in [-0.2, -0.15) is 0 Å². The summed E-state index contributed by atoms with van der Waals surface area (Å²) in [6.07, 6.45) is 5.86. The molecule has 1 saturated carbocycles. The van der Waals surface area contributed by atoms with Gasteiger partial charge in [0.25, 0.3) is 0 Å². The SMILES string of the molecule is Cc1ncccc1NC1CCCC1C. The fourth-order valence-corrected chi connectivity index (χ4v) is 2.20. The van der Waals surface area contributed by atoms with Gasteiger partial charge >= 0.3 is 0 Å². The second-order valence-corrected chi connectivity index (χ2v) is 4.30. The van der Waals surface area contributed by atoms with E-state index in [1.165, 1.54) is 24.9 Å². The van der Waals surface area contributed by atoms with Gasteiger partial charge in [0.1, 0.15) is 0 Å². The number of anilines is 1. The molecule has 0 radical (unpaired) electrons. The van der Waals surface area contributed by atoms with Gasteiger partial charge in [-0.3, -0.25) is 4.98 Å². The van der Waals surface area contributed by atoms with E-state index in [9.17, 15) is 0 Å². The molecule has 0 aliphatic heterocycles. The number of aromatic nitrogens is 1. The number of rotatable bonds is 2. The molecule has 2 atom stereocenters. The van der Waals surface area contributed by atoms with E-state index in [0.29, 0.717) is 6.04 Å². The van der Waals surface area contributed by atoms with Crippen LogP contribution in [0.1, 0.15) is 31.9 Å². The van der Waals surface area contributed by atoms with E-state index in [1.54, 1.807) is 0 Å². The minimum atomic E-state index is 0.651. The summed E-state index contributed by atoms with van der Waals surface area (Å²) in [5, 5.41) is 3.60. The highest BCUT2D eigenvalue weighted by atomic mass is 14.9. The Morgan fingerprint density at radius 2 is 2.29 bits per heavy atom. The lowest BCUT2D eigenvalue weighted by atomic mass is 10.1. The minimum absolute atomic E-state index is 0.651. The fraction of sp³-hybridized carbons (Fsp3) is 0.583. The molecule has 0 aromatic carbocycles. The summed E-state index contributed by atoms with van der Waals surface area (Å²) >= 11 is 0. The van der Waals surface area contributed by atoms with Gasteiger partial charge in [0.05, 0.1) is 11.4 Å². The maximum Gasteiger partial charge on any atom is 0.0603 e. The molecular formula is C12H18N2. The smallest absolute Gasteiger partial charge is 0.0603 e. The van der Waals surface area contributed by atoms with Gasteiger partial charge in [-0.05, 0) is 37.8 Å². The van der Waals surface area contributed by atoms with Crippen molar-refractivity contribution >= 4 is 5.69 Å². The Balaban J connectivity index is 2.07. The van der Waals surface area contributed by atoms with Crippen molar-refractivity contribution in [3.05, 3.63) is 24.0 Å². The predicted molar refractivity (Wildman–Crippen MR) is 59.4 cm³/mol. The Bertz CT molecular complexity index is 309. The molecule has 1 fully saturated rings. The summed E-state index contributed by atoms with van der Waals surface area (Å²) in [7, 11) is 0. The average molecular weight is 190 g/mol. The highest BCUT2D eigenvalue weighted by molar-refractivity contribution is 5.47. The zero-order valence-corrected chi connectivity index (χ0v) is 8.96. The summed E-state index contributed by atoms with van der Waals surface area (Å²) in [4.78, 5) is 4.28. The van der Waals surface area contributed by atoms with Crippen molar-refractivity contribution in [3.63, 3.8) is 0 Å². The van der Waals surface area contributed by atoms with Crippen LogP contribution in [0.5, 0.6) is 0 Å². The molecular weight excluding hydrogens is 172 g/mol.